The number of carbonyl (C=O) groups is 1. The van der Waals surface area contributed by atoms with Crippen LogP contribution in [0.5, 0.6) is 0 Å². The van der Waals surface area contributed by atoms with Crippen molar-refractivity contribution in [1.82, 2.24) is 29.5 Å². The number of halogens is 2. The molecule has 1 amide bonds. The molecule has 0 aliphatic heterocycles. The molecule has 0 saturated heterocycles. The van der Waals surface area contributed by atoms with Crippen molar-refractivity contribution in [3.8, 4) is 11.3 Å². The van der Waals surface area contributed by atoms with Crippen LogP contribution in [0.3, 0.4) is 0 Å². The number of anilines is 3. The van der Waals surface area contributed by atoms with Crippen molar-refractivity contribution in [3.05, 3.63) is 64.7 Å². The Labute approximate surface area is 217 Å². The molecule has 4 rings (SSSR count). The maximum Gasteiger partial charge on any atom is 0.285 e. The zero-order valence-corrected chi connectivity index (χ0v) is 21.1. The van der Waals surface area contributed by atoms with Crippen molar-refractivity contribution >= 4 is 46.6 Å². The lowest BCUT2D eigenvalue weighted by Crippen LogP contribution is -2.28. The molecule has 11 nitrogen and oxygen atoms in total. The SMILES string of the molecule is COCCn1ccc(C(=O)N(c2cnc(-c3cc(Cl)ccc3Cl)c(N)n2)c2ccn(CCOC)n2)n1. The Morgan fingerprint density at radius 3 is 2.39 bits per heavy atom. The average molecular weight is 531 g/mol. The van der Waals surface area contributed by atoms with E-state index >= 15 is 0 Å². The van der Waals surface area contributed by atoms with E-state index in [0.717, 1.165) is 0 Å². The molecule has 13 heteroatoms. The summed E-state index contributed by atoms with van der Waals surface area (Å²) in [6, 6.07) is 8.27. The number of nitrogens with zero attached hydrogens (tertiary/aromatic N) is 7. The number of amides is 1. The Morgan fingerprint density at radius 2 is 1.69 bits per heavy atom. The average Bonchev–Trinajstić information content (AvgIpc) is 3.53. The van der Waals surface area contributed by atoms with Gasteiger partial charge in [0.05, 0.1) is 37.5 Å². The quantitative estimate of drug-likeness (QED) is 0.328. The summed E-state index contributed by atoms with van der Waals surface area (Å²) in [6.07, 6.45) is 4.87. The normalized spacial score (nSPS) is 11.1. The number of nitrogen functional groups attached to an aromatic ring is 1. The van der Waals surface area contributed by atoms with Gasteiger partial charge in [-0.05, 0) is 24.3 Å². The van der Waals surface area contributed by atoms with Gasteiger partial charge in [0.25, 0.3) is 5.91 Å². The lowest BCUT2D eigenvalue weighted by Gasteiger charge is -2.19. The van der Waals surface area contributed by atoms with Gasteiger partial charge in [-0.1, -0.05) is 23.2 Å². The summed E-state index contributed by atoms with van der Waals surface area (Å²) in [5.41, 5.74) is 7.33. The summed E-state index contributed by atoms with van der Waals surface area (Å²) < 4.78 is 13.5. The van der Waals surface area contributed by atoms with E-state index in [1.54, 1.807) is 66.3 Å². The second kappa shape index (κ2) is 11.5. The van der Waals surface area contributed by atoms with E-state index in [4.69, 9.17) is 38.4 Å². The Hall–Kier alpha value is -3.51. The van der Waals surface area contributed by atoms with E-state index in [-0.39, 0.29) is 17.3 Å². The highest BCUT2D eigenvalue weighted by Crippen LogP contribution is 2.34. The standard InChI is InChI=1S/C23H24Cl2N8O3/c1-35-11-9-31-7-5-18(29-31)23(34)33(19-6-8-32(30-19)10-12-36-2)20-14-27-21(22(26)28-20)16-13-15(24)3-4-17(16)25/h3-8,13-14H,9-12H2,1-2H3,(H2,26,28). The van der Waals surface area contributed by atoms with Crippen molar-refractivity contribution in [2.75, 3.05) is 38.1 Å². The van der Waals surface area contributed by atoms with Crippen LogP contribution in [0.15, 0.2) is 48.9 Å². The predicted octanol–water partition coefficient (Wildman–Crippen LogP) is 3.70. The fraction of sp³-hybridized carbons (Fsp3) is 0.261. The van der Waals surface area contributed by atoms with Gasteiger partial charge in [0.15, 0.2) is 23.1 Å². The summed E-state index contributed by atoms with van der Waals surface area (Å²) in [5.74, 6) is 0.108. The van der Waals surface area contributed by atoms with E-state index in [9.17, 15) is 4.79 Å². The molecule has 0 unspecified atom stereocenters. The van der Waals surface area contributed by atoms with E-state index in [2.05, 4.69) is 20.2 Å². The summed E-state index contributed by atoms with van der Waals surface area (Å²) in [4.78, 5) is 23.8. The Bertz CT molecular complexity index is 1360. The Balaban J connectivity index is 1.73. The van der Waals surface area contributed by atoms with Crippen LogP contribution in [0, 0.1) is 0 Å². The van der Waals surface area contributed by atoms with Gasteiger partial charge in [-0.2, -0.15) is 10.2 Å². The maximum atomic E-state index is 13.6. The molecular formula is C23H24Cl2N8O3. The molecule has 1 aromatic carbocycles. The smallest absolute Gasteiger partial charge is 0.285 e. The van der Waals surface area contributed by atoms with Gasteiger partial charge in [0.2, 0.25) is 0 Å². The zero-order valence-electron chi connectivity index (χ0n) is 19.6. The monoisotopic (exact) mass is 530 g/mol. The largest absolute Gasteiger partial charge is 0.383 e. The fourth-order valence-corrected chi connectivity index (χ4v) is 3.77. The summed E-state index contributed by atoms with van der Waals surface area (Å²) in [5, 5.41) is 9.76. The minimum absolute atomic E-state index is 0.0684. The molecule has 0 fully saturated rings. The topological polar surface area (TPSA) is 126 Å². The van der Waals surface area contributed by atoms with Gasteiger partial charge in [0.1, 0.15) is 5.69 Å². The van der Waals surface area contributed by atoms with Gasteiger partial charge in [-0.3, -0.25) is 14.2 Å². The van der Waals surface area contributed by atoms with Crippen LogP contribution < -0.4 is 10.6 Å². The van der Waals surface area contributed by atoms with E-state index < -0.39 is 5.91 Å². The van der Waals surface area contributed by atoms with Crippen LogP contribution in [-0.4, -0.2) is 62.9 Å². The van der Waals surface area contributed by atoms with Gasteiger partial charge < -0.3 is 15.2 Å². The third-order valence-corrected chi connectivity index (χ3v) is 5.73. The third-order valence-electron chi connectivity index (χ3n) is 5.17. The molecule has 0 bridgehead atoms. The van der Waals surface area contributed by atoms with Gasteiger partial charge in [-0.25, -0.2) is 14.9 Å². The Kier molecular flexibility index (Phi) is 8.16. The van der Waals surface area contributed by atoms with Crippen molar-refractivity contribution < 1.29 is 14.3 Å². The van der Waals surface area contributed by atoms with Crippen molar-refractivity contribution in [2.45, 2.75) is 13.1 Å². The molecule has 3 aromatic heterocycles. The molecule has 0 spiro atoms. The van der Waals surface area contributed by atoms with E-state index in [1.165, 1.54) is 11.1 Å². The second-order valence-electron chi connectivity index (χ2n) is 7.61. The number of carbonyl (C=O) groups excluding carboxylic acids is 1. The molecule has 4 aromatic rings. The van der Waals surface area contributed by atoms with Crippen LogP contribution in [-0.2, 0) is 22.6 Å². The van der Waals surface area contributed by atoms with Crippen molar-refractivity contribution in [2.24, 2.45) is 0 Å². The molecule has 3 heterocycles. The minimum Gasteiger partial charge on any atom is -0.383 e. The van der Waals surface area contributed by atoms with Crippen LogP contribution in [0.25, 0.3) is 11.3 Å². The zero-order chi connectivity index (χ0) is 25.7. The summed E-state index contributed by atoms with van der Waals surface area (Å²) in [6.45, 7) is 1.92. The molecule has 188 valence electrons. The summed E-state index contributed by atoms with van der Waals surface area (Å²) in [7, 11) is 3.20. The molecule has 0 aliphatic carbocycles. The maximum absolute atomic E-state index is 13.6. The summed E-state index contributed by atoms with van der Waals surface area (Å²) >= 11 is 12.5. The van der Waals surface area contributed by atoms with Crippen LogP contribution >= 0.6 is 23.2 Å². The van der Waals surface area contributed by atoms with Crippen molar-refractivity contribution in [3.63, 3.8) is 0 Å². The van der Waals surface area contributed by atoms with Crippen LogP contribution in [0.4, 0.5) is 17.5 Å². The Morgan fingerprint density at radius 1 is 1.00 bits per heavy atom. The second-order valence-corrected chi connectivity index (χ2v) is 8.46. The lowest BCUT2D eigenvalue weighted by atomic mass is 10.1. The first-order chi connectivity index (χ1) is 17.4. The first kappa shape index (κ1) is 25.6. The van der Waals surface area contributed by atoms with Crippen molar-refractivity contribution in [1.29, 1.82) is 0 Å². The molecule has 0 radical (unpaired) electrons. The number of nitrogens with two attached hydrogens (primary N) is 1. The minimum atomic E-state index is -0.453. The first-order valence-electron chi connectivity index (χ1n) is 10.9. The van der Waals surface area contributed by atoms with Crippen LogP contribution in [0.2, 0.25) is 10.0 Å². The van der Waals surface area contributed by atoms with E-state index in [1.807, 2.05) is 0 Å². The lowest BCUT2D eigenvalue weighted by molar-refractivity contribution is 0.0991. The number of methoxy groups -OCH3 is 2. The highest BCUT2D eigenvalue weighted by atomic mass is 35.5. The molecule has 2 N–H and O–H groups in total. The van der Waals surface area contributed by atoms with E-state index in [0.29, 0.717) is 53.4 Å². The number of hydrogen-bond acceptors (Lipinski definition) is 8. The molecule has 36 heavy (non-hydrogen) atoms. The predicted molar refractivity (Wildman–Crippen MR) is 137 cm³/mol. The first-order valence-corrected chi connectivity index (χ1v) is 11.6. The highest BCUT2D eigenvalue weighted by molar-refractivity contribution is 6.35. The van der Waals surface area contributed by atoms with Gasteiger partial charge >= 0.3 is 0 Å². The van der Waals surface area contributed by atoms with Crippen LogP contribution in [0.1, 0.15) is 10.5 Å². The number of ether oxygens (including phenoxy) is 2. The molecule has 0 saturated carbocycles. The highest BCUT2D eigenvalue weighted by Gasteiger charge is 2.27. The molecule has 0 atom stereocenters. The number of rotatable bonds is 10. The molecule has 0 aliphatic rings. The number of benzene rings is 1. The molecular weight excluding hydrogens is 507 g/mol. The number of aromatic nitrogens is 6. The van der Waals surface area contributed by atoms with Gasteiger partial charge in [0, 0.05) is 43.3 Å². The fourth-order valence-electron chi connectivity index (χ4n) is 3.39. The van der Waals surface area contributed by atoms with Gasteiger partial charge in [-0.15, -0.1) is 0 Å². The third kappa shape index (κ3) is 5.65. The number of hydrogen-bond donors (Lipinski definition) is 1.